The first-order chi connectivity index (χ1) is 14.9. The first-order valence-electron chi connectivity index (χ1n) is 10.7. The lowest BCUT2D eigenvalue weighted by atomic mass is 9.97. The van der Waals surface area contributed by atoms with Crippen molar-refractivity contribution in [3.8, 4) is 11.3 Å². The molecule has 1 saturated heterocycles. The SMILES string of the molecule is Cc1ccc(C)c([C@@H]2CCCN2C(=O)c2cc3nccc(-c4cnn(C)c4C)n3n2)c1. The number of aromatic nitrogens is 5. The van der Waals surface area contributed by atoms with Crippen LogP contribution in [0.5, 0.6) is 0 Å². The van der Waals surface area contributed by atoms with E-state index in [-0.39, 0.29) is 11.9 Å². The molecule has 4 heterocycles. The van der Waals surface area contributed by atoms with E-state index in [9.17, 15) is 4.79 Å². The van der Waals surface area contributed by atoms with Gasteiger partial charge in [-0.1, -0.05) is 23.8 Å². The minimum absolute atomic E-state index is 0.0391. The fourth-order valence-electron chi connectivity index (χ4n) is 4.55. The molecule has 3 aromatic heterocycles. The zero-order chi connectivity index (χ0) is 21.7. The van der Waals surface area contributed by atoms with E-state index >= 15 is 0 Å². The summed E-state index contributed by atoms with van der Waals surface area (Å²) in [6.07, 6.45) is 5.55. The Balaban J connectivity index is 1.53. The number of rotatable bonds is 3. The van der Waals surface area contributed by atoms with Gasteiger partial charge >= 0.3 is 0 Å². The Hall–Kier alpha value is -3.48. The maximum Gasteiger partial charge on any atom is 0.274 e. The van der Waals surface area contributed by atoms with Crippen molar-refractivity contribution in [1.82, 2.24) is 29.3 Å². The van der Waals surface area contributed by atoms with Crippen molar-refractivity contribution < 1.29 is 4.79 Å². The lowest BCUT2D eigenvalue weighted by Crippen LogP contribution is -2.31. The third-order valence-electron chi connectivity index (χ3n) is 6.40. The van der Waals surface area contributed by atoms with Crippen molar-refractivity contribution in [2.24, 2.45) is 7.05 Å². The Labute approximate surface area is 181 Å². The van der Waals surface area contributed by atoms with E-state index in [1.165, 1.54) is 16.7 Å². The van der Waals surface area contributed by atoms with E-state index in [1.807, 2.05) is 35.8 Å². The molecule has 1 aliphatic rings. The van der Waals surface area contributed by atoms with E-state index < -0.39 is 0 Å². The number of fused-ring (bicyclic) bond motifs is 1. The van der Waals surface area contributed by atoms with Crippen molar-refractivity contribution in [3.05, 3.63) is 70.8 Å². The first-order valence-corrected chi connectivity index (χ1v) is 10.7. The third-order valence-corrected chi connectivity index (χ3v) is 6.40. The summed E-state index contributed by atoms with van der Waals surface area (Å²) in [4.78, 5) is 19.9. The molecule has 1 aliphatic heterocycles. The van der Waals surface area contributed by atoms with Crippen LogP contribution in [0.3, 0.4) is 0 Å². The molecule has 7 heteroatoms. The number of nitrogens with zero attached hydrogens (tertiary/aromatic N) is 6. The quantitative estimate of drug-likeness (QED) is 0.508. The Bertz CT molecular complexity index is 1300. The number of hydrogen-bond donors (Lipinski definition) is 0. The summed E-state index contributed by atoms with van der Waals surface area (Å²) >= 11 is 0. The molecule has 0 N–H and O–H groups in total. The molecule has 158 valence electrons. The minimum Gasteiger partial charge on any atom is -0.330 e. The summed E-state index contributed by atoms with van der Waals surface area (Å²) in [5.41, 5.74) is 7.65. The third kappa shape index (κ3) is 3.21. The summed E-state index contributed by atoms with van der Waals surface area (Å²) in [5, 5.41) is 9.02. The molecule has 7 nitrogen and oxygen atoms in total. The normalized spacial score (nSPS) is 16.4. The molecule has 0 unspecified atom stereocenters. The van der Waals surface area contributed by atoms with Gasteiger partial charge in [0.2, 0.25) is 0 Å². The van der Waals surface area contributed by atoms with Gasteiger partial charge in [0.25, 0.3) is 5.91 Å². The fraction of sp³-hybridized carbons (Fsp3) is 0.333. The molecular formula is C24H26N6O. The molecule has 0 spiro atoms. The highest BCUT2D eigenvalue weighted by atomic mass is 16.2. The standard InChI is InChI=1S/C24H26N6O/c1-15-7-8-16(2)18(12-15)21-6-5-11-29(21)24(31)20-13-23-25-10-9-22(30(23)27-20)19-14-26-28(4)17(19)3/h7-10,12-14,21H,5-6,11H2,1-4H3/t21-/m0/s1. The molecule has 1 amide bonds. The van der Waals surface area contributed by atoms with Crippen LogP contribution in [0.2, 0.25) is 0 Å². The topological polar surface area (TPSA) is 68.3 Å². The van der Waals surface area contributed by atoms with E-state index in [2.05, 4.69) is 47.2 Å². The predicted octanol–water partition coefficient (Wildman–Crippen LogP) is 4.03. The lowest BCUT2D eigenvalue weighted by molar-refractivity contribution is 0.0729. The highest BCUT2D eigenvalue weighted by Crippen LogP contribution is 2.35. The molecule has 0 saturated carbocycles. The Kier molecular flexibility index (Phi) is 4.61. The first kappa shape index (κ1) is 19.5. The van der Waals surface area contributed by atoms with Gasteiger partial charge in [0.1, 0.15) is 0 Å². The summed E-state index contributed by atoms with van der Waals surface area (Å²) in [6, 6.07) is 10.3. The van der Waals surface area contributed by atoms with Crippen LogP contribution in [-0.2, 0) is 7.05 Å². The lowest BCUT2D eigenvalue weighted by Gasteiger charge is -2.26. The molecule has 4 aromatic rings. The van der Waals surface area contributed by atoms with Crippen molar-refractivity contribution in [1.29, 1.82) is 0 Å². The number of hydrogen-bond acceptors (Lipinski definition) is 4. The van der Waals surface area contributed by atoms with Crippen LogP contribution < -0.4 is 0 Å². The zero-order valence-corrected chi connectivity index (χ0v) is 18.3. The van der Waals surface area contributed by atoms with Crippen LogP contribution >= 0.6 is 0 Å². The number of aryl methyl sites for hydroxylation is 3. The van der Waals surface area contributed by atoms with Crippen LogP contribution in [0.25, 0.3) is 16.9 Å². The van der Waals surface area contributed by atoms with Crippen molar-refractivity contribution >= 4 is 11.6 Å². The Morgan fingerprint density at radius 3 is 2.74 bits per heavy atom. The van der Waals surface area contributed by atoms with Gasteiger partial charge in [-0.2, -0.15) is 10.2 Å². The molecule has 1 fully saturated rings. The molecule has 5 rings (SSSR count). The molecule has 0 aliphatic carbocycles. The van der Waals surface area contributed by atoms with Crippen LogP contribution in [0.15, 0.2) is 42.7 Å². The molecular weight excluding hydrogens is 388 g/mol. The number of carbonyl (C=O) groups is 1. The zero-order valence-electron chi connectivity index (χ0n) is 18.3. The highest BCUT2D eigenvalue weighted by molar-refractivity contribution is 5.94. The van der Waals surface area contributed by atoms with Gasteiger partial charge in [0.05, 0.1) is 17.9 Å². The summed E-state index contributed by atoms with van der Waals surface area (Å²) < 4.78 is 3.58. The van der Waals surface area contributed by atoms with E-state index in [4.69, 9.17) is 0 Å². The van der Waals surface area contributed by atoms with Crippen molar-refractivity contribution in [3.63, 3.8) is 0 Å². The molecule has 0 bridgehead atoms. The van der Waals surface area contributed by atoms with Gasteiger partial charge in [-0.25, -0.2) is 9.50 Å². The monoisotopic (exact) mass is 414 g/mol. The van der Waals surface area contributed by atoms with Gasteiger partial charge in [0.15, 0.2) is 11.3 Å². The molecule has 1 atom stereocenters. The Morgan fingerprint density at radius 2 is 1.97 bits per heavy atom. The van der Waals surface area contributed by atoms with Gasteiger partial charge in [-0.05, 0) is 50.8 Å². The van der Waals surface area contributed by atoms with Crippen molar-refractivity contribution in [2.75, 3.05) is 6.54 Å². The summed E-state index contributed by atoms with van der Waals surface area (Å²) in [7, 11) is 1.91. The van der Waals surface area contributed by atoms with Crippen LogP contribution in [-0.4, -0.2) is 41.7 Å². The second-order valence-electron chi connectivity index (χ2n) is 8.41. The average molecular weight is 415 g/mol. The molecule has 0 radical (unpaired) electrons. The molecule has 1 aromatic carbocycles. The number of benzene rings is 1. The summed E-state index contributed by atoms with van der Waals surface area (Å²) in [6.45, 7) is 6.98. The van der Waals surface area contributed by atoms with Gasteiger partial charge in [0, 0.05) is 37.1 Å². The maximum atomic E-state index is 13.5. The predicted molar refractivity (Wildman–Crippen MR) is 119 cm³/mol. The van der Waals surface area contributed by atoms with E-state index in [0.29, 0.717) is 11.3 Å². The van der Waals surface area contributed by atoms with Crippen LogP contribution in [0, 0.1) is 20.8 Å². The smallest absolute Gasteiger partial charge is 0.274 e. The fourth-order valence-corrected chi connectivity index (χ4v) is 4.55. The second-order valence-corrected chi connectivity index (χ2v) is 8.41. The van der Waals surface area contributed by atoms with Gasteiger partial charge < -0.3 is 4.90 Å². The number of carbonyl (C=O) groups excluding carboxylic acids is 1. The van der Waals surface area contributed by atoms with Crippen LogP contribution in [0.4, 0.5) is 0 Å². The van der Waals surface area contributed by atoms with Gasteiger partial charge in [-0.3, -0.25) is 9.48 Å². The average Bonchev–Trinajstić information content (AvgIpc) is 3.48. The van der Waals surface area contributed by atoms with E-state index in [0.717, 1.165) is 36.3 Å². The maximum absolute atomic E-state index is 13.5. The second kappa shape index (κ2) is 7.34. The largest absolute Gasteiger partial charge is 0.330 e. The van der Waals surface area contributed by atoms with Gasteiger partial charge in [-0.15, -0.1) is 0 Å². The number of likely N-dealkylation sites (tertiary alicyclic amines) is 1. The number of amides is 1. The molecule has 31 heavy (non-hydrogen) atoms. The minimum atomic E-state index is -0.0391. The highest BCUT2D eigenvalue weighted by Gasteiger charge is 2.33. The van der Waals surface area contributed by atoms with Crippen molar-refractivity contribution in [2.45, 2.75) is 39.7 Å². The van der Waals surface area contributed by atoms with E-state index in [1.54, 1.807) is 16.8 Å². The van der Waals surface area contributed by atoms with Crippen LogP contribution in [0.1, 0.15) is 51.8 Å². The summed E-state index contributed by atoms with van der Waals surface area (Å²) in [5.74, 6) is -0.0391. The Morgan fingerprint density at radius 1 is 1.13 bits per heavy atom.